The van der Waals surface area contributed by atoms with Gasteiger partial charge in [0.2, 0.25) is 0 Å². The molecule has 1 aromatic carbocycles. The highest BCUT2D eigenvalue weighted by molar-refractivity contribution is 5.97. The fourth-order valence-corrected chi connectivity index (χ4v) is 2.75. The maximum absolute atomic E-state index is 14.2. The van der Waals surface area contributed by atoms with E-state index in [4.69, 9.17) is 0 Å². The molecule has 19 heavy (non-hydrogen) atoms. The van der Waals surface area contributed by atoms with Crippen LogP contribution in [0.5, 0.6) is 0 Å². The van der Waals surface area contributed by atoms with E-state index in [0.29, 0.717) is 0 Å². The highest BCUT2D eigenvalue weighted by Crippen LogP contribution is 2.47. The topological polar surface area (TPSA) is 6.48 Å². The van der Waals surface area contributed by atoms with Gasteiger partial charge in [0.15, 0.2) is 0 Å². The smallest absolute Gasteiger partial charge is 0.132 e. The number of rotatable bonds is 3. The summed E-state index contributed by atoms with van der Waals surface area (Å²) in [5.41, 5.74) is 2.99. The first-order chi connectivity index (χ1) is 9.20. The molecule has 1 heterocycles. The molecular formula is C16H20FN2. The van der Waals surface area contributed by atoms with Crippen molar-refractivity contribution >= 4 is 11.3 Å². The van der Waals surface area contributed by atoms with Gasteiger partial charge >= 0.3 is 0 Å². The van der Waals surface area contributed by atoms with Gasteiger partial charge in [-0.15, -0.1) is 0 Å². The third kappa shape index (κ3) is 2.39. The molecule has 0 N–H and O–H groups in total. The highest BCUT2D eigenvalue weighted by atomic mass is 19.1. The van der Waals surface area contributed by atoms with Crippen LogP contribution in [0.1, 0.15) is 18.9 Å². The first-order valence-electron chi connectivity index (χ1n) is 7.01. The highest BCUT2D eigenvalue weighted by Gasteiger charge is 2.31. The van der Waals surface area contributed by atoms with Gasteiger partial charge in [0, 0.05) is 43.3 Å². The van der Waals surface area contributed by atoms with Crippen LogP contribution in [-0.2, 0) is 0 Å². The molecule has 0 saturated carbocycles. The molecule has 1 saturated heterocycles. The summed E-state index contributed by atoms with van der Waals surface area (Å²) in [7, 11) is 2.14. The lowest BCUT2D eigenvalue weighted by Crippen LogP contribution is -2.44. The first-order valence-corrected chi connectivity index (χ1v) is 7.01. The number of allylic oxidation sites excluding steroid dienone is 2. The molecule has 0 aromatic heterocycles. The molecule has 1 aliphatic heterocycles. The quantitative estimate of drug-likeness (QED) is 0.823. The molecule has 1 radical (unpaired) electrons. The molecule has 1 fully saturated rings. The number of hydrogen-bond acceptors (Lipinski definition) is 2. The Morgan fingerprint density at radius 1 is 1.16 bits per heavy atom. The maximum atomic E-state index is 14.2. The van der Waals surface area contributed by atoms with Crippen LogP contribution in [0.25, 0.3) is 5.57 Å². The molecule has 101 valence electrons. The Bertz CT molecular complexity index is 501. The average molecular weight is 259 g/mol. The molecule has 2 aliphatic rings. The van der Waals surface area contributed by atoms with Gasteiger partial charge in [0.1, 0.15) is 5.82 Å². The van der Waals surface area contributed by atoms with E-state index in [1.165, 1.54) is 5.92 Å². The van der Waals surface area contributed by atoms with Gasteiger partial charge in [0.25, 0.3) is 0 Å². The molecule has 0 spiro atoms. The lowest BCUT2D eigenvalue weighted by molar-refractivity contribution is 0.312. The third-order valence-electron chi connectivity index (χ3n) is 4.07. The fourth-order valence-electron chi connectivity index (χ4n) is 2.75. The van der Waals surface area contributed by atoms with Crippen molar-refractivity contribution in [2.24, 2.45) is 0 Å². The molecule has 0 atom stereocenters. The number of nitrogens with zero attached hydrogens (tertiary/aromatic N) is 2. The molecule has 0 amide bonds. The number of hydrogen-bond donors (Lipinski definition) is 0. The van der Waals surface area contributed by atoms with Crippen molar-refractivity contribution in [3.05, 3.63) is 41.6 Å². The van der Waals surface area contributed by atoms with Crippen LogP contribution in [0.3, 0.4) is 0 Å². The van der Waals surface area contributed by atoms with E-state index in [0.717, 1.165) is 49.4 Å². The predicted molar refractivity (Wildman–Crippen MR) is 77.6 cm³/mol. The maximum Gasteiger partial charge on any atom is 0.132 e. The van der Waals surface area contributed by atoms with Gasteiger partial charge < -0.3 is 9.80 Å². The number of likely N-dealkylation sites (N-methyl/N-ethyl adjacent to an activating group) is 1. The van der Waals surface area contributed by atoms with Crippen molar-refractivity contribution in [1.29, 1.82) is 0 Å². The summed E-state index contributed by atoms with van der Waals surface area (Å²) >= 11 is 0. The lowest BCUT2D eigenvalue weighted by Gasteiger charge is -2.35. The molecule has 0 unspecified atom stereocenters. The number of piperazine rings is 1. The van der Waals surface area contributed by atoms with E-state index in [1.807, 2.05) is 6.07 Å². The molecule has 2 nitrogen and oxygen atoms in total. The summed E-state index contributed by atoms with van der Waals surface area (Å²) in [5, 5.41) is 0. The van der Waals surface area contributed by atoms with Crippen molar-refractivity contribution in [2.45, 2.75) is 13.3 Å². The van der Waals surface area contributed by atoms with E-state index >= 15 is 0 Å². The summed E-state index contributed by atoms with van der Waals surface area (Å²) in [4.78, 5) is 4.63. The summed E-state index contributed by atoms with van der Waals surface area (Å²) in [6.45, 7) is 6.15. The Morgan fingerprint density at radius 2 is 1.89 bits per heavy atom. The van der Waals surface area contributed by atoms with E-state index in [1.54, 1.807) is 6.07 Å². The van der Waals surface area contributed by atoms with E-state index < -0.39 is 0 Å². The summed E-state index contributed by atoms with van der Waals surface area (Å²) < 4.78 is 14.2. The normalized spacial score (nSPS) is 20.6. The number of anilines is 1. The number of halogens is 1. The van der Waals surface area contributed by atoms with Crippen molar-refractivity contribution in [1.82, 2.24) is 4.90 Å². The van der Waals surface area contributed by atoms with Crippen molar-refractivity contribution in [3.63, 3.8) is 0 Å². The second kappa shape index (κ2) is 4.97. The molecule has 3 heteroatoms. The number of benzene rings is 1. The minimum absolute atomic E-state index is 0.0915. The Balaban J connectivity index is 1.89. The fraction of sp³-hybridized carbons (Fsp3) is 0.438. The van der Waals surface area contributed by atoms with Crippen LogP contribution in [0, 0.1) is 11.7 Å². The third-order valence-corrected chi connectivity index (χ3v) is 4.07. The Kier molecular flexibility index (Phi) is 3.31. The first kappa shape index (κ1) is 12.7. The van der Waals surface area contributed by atoms with Crippen LogP contribution in [0.15, 0.2) is 24.3 Å². The Labute approximate surface area is 114 Å². The summed E-state index contributed by atoms with van der Waals surface area (Å²) in [6, 6.07) is 5.44. The van der Waals surface area contributed by atoms with Crippen LogP contribution >= 0.6 is 0 Å². The molecular weight excluding hydrogens is 239 g/mol. The van der Waals surface area contributed by atoms with Crippen molar-refractivity contribution < 1.29 is 4.39 Å². The van der Waals surface area contributed by atoms with Crippen molar-refractivity contribution in [3.8, 4) is 0 Å². The van der Waals surface area contributed by atoms with Gasteiger partial charge in [-0.3, -0.25) is 0 Å². The monoisotopic (exact) mass is 259 g/mol. The second-order valence-corrected chi connectivity index (χ2v) is 5.36. The zero-order chi connectivity index (χ0) is 13.4. The predicted octanol–water partition coefficient (Wildman–Crippen LogP) is 2.96. The van der Waals surface area contributed by atoms with Crippen LogP contribution in [-0.4, -0.2) is 38.1 Å². The van der Waals surface area contributed by atoms with Crippen LogP contribution < -0.4 is 4.90 Å². The molecule has 1 aromatic rings. The van der Waals surface area contributed by atoms with Crippen LogP contribution in [0.2, 0.25) is 0 Å². The van der Waals surface area contributed by atoms with E-state index in [-0.39, 0.29) is 5.82 Å². The standard InChI is InChI=1S/C16H20FN2/c1-3-12-11-13(12)16-14(17)5-4-6-15(16)19-9-7-18(2)8-10-19/h4-6,11H,3,7-10H2,1-2H3. The van der Waals surface area contributed by atoms with E-state index in [2.05, 4.69) is 35.9 Å². The minimum Gasteiger partial charge on any atom is -0.368 e. The Morgan fingerprint density at radius 3 is 2.53 bits per heavy atom. The Hall–Kier alpha value is -1.35. The van der Waals surface area contributed by atoms with Gasteiger partial charge in [-0.1, -0.05) is 19.1 Å². The van der Waals surface area contributed by atoms with Crippen LogP contribution in [0.4, 0.5) is 10.1 Å². The largest absolute Gasteiger partial charge is 0.368 e. The lowest BCUT2D eigenvalue weighted by atomic mass is 10.0. The van der Waals surface area contributed by atoms with Gasteiger partial charge in [0.05, 0.1) is 0 Å². The van der Waals surface area contributed by atoms with Gasteiger partial charge in [-0.2, -0.15) is 0 Å². The molecule has 3 rings (SSSR count). The van der Waals surface area contributed by atoms with Crippen molar-refractivity contribution in [2.75, 3.05) is 38.1 Å². The molecule has 0 bridgehead atoms. The second-order valence-electron chi connectivity index (χ2n) is 5.36. The van der Waals surface area contributed by atoms with Gasteiger partial charge in [-0.05, 0) is 31.2 Å². The zero-order valence-electron chi connectivity index (χ0n) is 11.6. The zero-order valence-corrected chi connectivity index (χ0v) is 11.6. The molecule has 1 aliphatic carbocycles. The average Bonchev–Trinajstić information content (AvgIpc) is 3.18. The van der Waals surface area contributed by atoms with E-state index in [9.17, 15) is 4.39 Å². The summed E-state index contributed by atoms with van der Waals surface area (Å²) in [6.07, 6.45) is 3.10. The summed E-state index contributed by atoms with van der Waals surface area (Å²) in [5.74, 6) is 1.20. The van der Waals surface area contributed by atoms with Gasteiger partial charge in [-0.25, -0.2) is 4.39 Å². The minimum atomic E-state index is -0.0915. The SMILES string of the molecule is CC[C]1C=C1c1c(F)cccc1N1CCN(C)CC1.